The molecule has 3 rings (SSSR count). The van der Waals surface area contributed by atoms with Crippen molar-refractivity contribution in [2.24, 2.45) is 0 Å². The Balaban J connectivity index is 1.83. The van der Waals surface area contributed by atoms with Gasteiger partial charge in [-0.1, -0.05) is 0 Å². The lowest BCUT2D eigenvalue weighted by Gasteiger charge is -2.35. The van der Waals surface area contributed by atoms with Crippen molar-refractivity contribution in [1.82, 2.24) is 0 Å². The van der Waals surface area contributed by atoms with Crippen LogP contribution in [0.1, 0.15) is 40.5 Å². The first-order valence-electron chi connectivity index (χ1n) is 7.66. The average Bonchev–Trinajstić information content (AvgIpc) is 2.99. The third-order valence-corrected chi connectivity index (χ3v) is 4.36. The second-order valence-electron chi connectivity index (χ2n) is 7.04. The van der Waals surface area contributed by atoms with E-state index in [0.717, 1.165) is 0 Å². The van der Waals surface area contributed by atoms with Crippen LogP contribution in [0.3, 0.4) is 0 Å². The molecule has 0 aliphatic carbocycles. The normalized spacial score (nSPS) is 45.6. The van der Waals surface area contributed by atoms with Crippen LogP contribution in [0, 0.1) is 12.3 Å². The minimum Gasteiger partial charge on any atom is -0.384 e. The van der Waals surface area contributed by atoms with E-state index in [1.165, 1.54) is 0 Å². The van der Waals surface area contributed by atoms with Gasteiger partial charge in [-0.2, -0.15) is 0 Å². The minimum atomic E-state index is -1.26. The van der Waals surface area contributed by atoms with Crippen molar-refractivity contribution in [3.8, 4) is 12.3 Å². The van der Waals surface area contributed by atoms with Gasteiger partial charge in [-0.25, -0.2) is 0 Å². The van der Waals surface area contributed by atoms with E-state index >= 15 is 0 Å². The predicted molar refractivity (Wildman–Crippen MR) is 76.6 cm³/mol. The van der Waals surface area contributed by atoms with Crippen molar-refractivity contribution in [2.75, 3.05) is 6.61 Å². The summed E-state index contributed by atoms with van der Waals surface area (Å²) in [5.74, 6) is 1.07. The third-order valence-electron chi connectivity index (χ3n) is 4.36. The zero-order valence-electron chi connectivity index (χ0n) is 13.5. The molecular weight excluding hydrogens is 288 g/mol. The highest BCUT2D eigenvalue weighted by atomic mass is 16.8. The first-order chi connectivity index (χ1) is 10.2. The van der Waals surface area contributed by atoms with Gasteiger partial charge in [0.2, 0.25) is 0 Å². The fraction of sp³-hybridized carbons (Fsp3) is 0.875. The van der Waals surface area contributed by atoms with Crippen molar-refractivity contribution in [3.63, 3.8) is 0 Å². The van der Waals surface area contributed by atoms with Gasteiger partial charge >= 0.3 is 0 Å². The van der Waals surface area contributed by atoms with Gasteiger partial charge in [0.05, 0.1) is 6.61 Å². The number of hydrogen-bond donors (Lipinski definition) is 1. The summed E-state index contributed by atoms with van der Waals surface area (Å²) >= 11 is 0. The van der Waals surface area contributed by atoms with Gasteiger partial charge in [0.15, 0.2) is 17.9 Å². The van der Waals surface area contributed by atoms with Gasteiger partial charge in [0.25, 0.3) is 0 Å². The number of aliphatic hydroxyl groups is 1. The van der Waals surface area contributed by atoms with Gasteiger partial charge in [-0.05, 0) is 34.1 Å². The topological polar surface area (TPSA) is 66.4 Å². The van der Waals surface area contributed by atoms with Gasteiger partial charge in [0.1, 0.15) is 23.9 Å². The van der Waals surface area contributed by atoms with Crippen molar-refractivity contribution < 1.29 is 28.8 Å². The van der Waals surface area contributed by atoms with E-state index in [1.54, 1.807) is 13.8 Å². The molecule has 6 heteroatoms. The summed E-state index contributed by atoms with van der Waals surface area (Å²) < 4.78 is 29.0. The zero-order chi connectivity index (χ0) is 16.2. The average molecular weight is 312 g/mol. The smallest absolute Gasteiger partial charge is 0.190 e. The summed E-state index contributed by atoms with van der Waals surface area (Å²) in [6.07, 6.45) is 3.93. The van der Waals surface area contributed by atoms with Crippen LogP contribution in [0.25, 0.3) is 0 Å². The molecule has 1 N–H and O–H groups in total. The second-order valence-corrected chi connectivity index (χ2v) is 7.04. The Labute approximate surface area is 131 Å². The molecule has 22 heavy (non-hydrogen) atoms. The van der Waals surface area contributed by atoms with E-state index in [1.807, 2.05) is 13.8 Å². The van der Waals surface area contributed by atoms with E-state index < -0.39 is 41.8 Å². The number of rotatable bonds is 3. The van der Waals surface area contributed by atoms with E-state index in [0.29, 0.717) is 19.4 Å². The summed E-state index contributed by atoms with van der Waals surface area (Å²) in [6, 6.07) is 0. The van der Waals surface area contributed by atoms with Crippen LogP contribution in [0.5, 0.6) is 0 Å². The highest BCUT2D eigenvalue weighted by Crippen LogP contribution is 2.47. The summed E-state index contributed by atoms with van der Waals surface area (Å²) in [5.41, 5.74) is -1.26. The molecule has 3 aliphatic heterocycles. The zero-order valence-corrected chi connectivity index (χ0v) is 13.5. The lowest BCUT2D eigenvalue weighted by Crippen LogP contribution is -2.54. The summed E-state index contributed by atoms with van der Waals surface area (Å²) in [7, 11) is 0. The molecule has 3 aliphatic rings. The molecule has 0 aromatic rings. The standard InChI is InChI=1S/C16H24O6/c1-6-7-8-16(17)11(10-9-18-14(2,3)20-10)19-13-12(16)21-15(4,5)22-13/h1,10-13,17H,7-9H2,2-5H3/t10-,11-,12+,13-,16-/m1/s1. The molecule has 3 fully saturated rings. The molecule has 0 aromatic heterocycles. The molecular formula is C16H24O6. The number of hydrogen-bond acceptors (Lipinski definition) is 6. The first-order valence-corrected chi connectivity index (χ1v) is 7.66. The molecule has 0 radical (unpaired) electrons. The largest absolute Gasteiger partial charge is 0.384 e. The second kappa shape index (κ2) is 5.17. The van der Waals surface area contributed by atoms with Crippen molar-refractivity contribution in [3.05, 3.63) is 0 Å². The maximum atomic E-state index is 11.3. The van der Waals surface area contributed by atoms with E-state index in [9.17, 15) is 5.11 Å². The quantitative estimate of drug-likeness (QED) is 0.789. The summed E-state index contributed by atoms with van der Waals surface area (Å²) in [4.78, 5) is 0. The Bertz CT molecular complexity index is 482. The van der Waals surface area contributed by atoms with Gasteiger partial charge in [-0.15, -0.1) is 12.3 Å². The molecule has 6 nitrogen and oxygen atoms in total. The fourth-order valence-corrected chi connectivity index (χ4v) is 3.42. The van der Waals surface area contributed by atoms with Crippen LogP contribution in [-0.4, -0.2) is 53.5 Å². The Morgan fingerprint density at radius 1 is 1.09 bits per heavy atom. The van der Waals surface area contributed by atoms with Crippen LogP contribution in [0.2, 0.25) is 0 Å². The lowest BCUT2D eigenvalue weighted by molar-refractivity contribution is -0.248. The van der Waals surface area contributed by atoms with Crippen LogP contribution >= 0.6 is 0 Å². The molecule has 0 bridgehead atoms. The lowest BCUT2D eigenvalue weighted by atomic mass is 9.85. The Kier molecular flexibility index (Phi) is 3.80. The maximum Gasteiger partial charge on any atom is 0.190 e. The van der Waals surface area contributed by atoms with E-state index in [2.05, 4.69) is 5.92 Å². The maximum absolute atomic E-state index is 11.3. The molecule has 3 heterocycles. The van der Waals surface area contributed by atoms with Gasteiger partial charge in [0, 0.05) is 6.42 Å². The highest BCUT2D eigenvalue weighted by molar-refractivity contribution is 5.09. The molecule has 3 saturated heterocycles. The van der Waals surface area contributed by atoms with Crippen molar-refractivity contribution in [1.29, 1.82) is 0 Å². The number of ether oxygens (including phenoxy) is 5. The third kappa shape index (κ3) is 2.67. The van der Waals surface area contributed by atoms with Crippen LogP contribution in [0.4, 0.5) is 0 Å². The molecule has 0 saturated carbocycles. The van der Waals surface area contributed by atoms with Crippen LogP contribution in [0.15, 0.2) is 0 Å². The minimum absolute atomic E-state index is 0.346. The first kappa shape index (κ1) is 16.2. The number of terminal acetylenes is 1. The molecule has 0 aromatic carbocycles. The predicted octanol–water partition coefficient (Wildman–Crippen LogP) is 1.16. The Morgan fingerprint density at radius 2 is 1.82 bits per heavy atom. The van der Waals surface area contributed by atoms with Crippen molar-refractivity contribution in [2.45, 2.75) is 82.3 Å². The number of fused-ring (bicyclic) bond motifs is 1. The molecule has 5 atom stereocenters. The summed E-state index contributed by atoms with van der Waals surface area (Å²) in [5, 5.41) is 11.3. The van der Waals surface area contributed by atoms with Crippen LogP contribution < -0.4 is 0 Å². The molecule has 0 unspecified atom stereocenters. The monoisotopic (exact) mass is 312 g/mol. The highest BCUT2D eigenvalue weighted by Gasteiger charge is 2.65. The SMILES string of the molecule is C#CCC[C@@]1(O)[C@@H]([C@H]2COC(C)(C)O2)O[C@@H]2OC(C)(C)O[C@@H]21. The van der Waals surface area contributed by atoms with Crippen molar-refractivity contribution >= 4 is 0 Å². The Hall–Kier alpha value is -0.680. The molecule has 0 spiro atoms. The van der Waals surface area contributed by atoms with E-state index in [4.69, 9.17) is 30.1 Å². The molecule has 124 valence electrons. The Morgan fingerprint density at radius 3 is 2.41 bits per heavy atom. The molecule has 0 amide bonds. The fourth-order valence-electron chi connectivity index (χ4n) is 3.42. The van der Waals surface area contributed by atoms with Gasteiger partial charge < -0.3 is 28.8 Å². The van der Waals surface area contributed by atoms with E-state index in [-0.39, 0.29) is 0 Å². The summed E-state index contributed by atoms with van der Waals surface area (Å²) in [6.45, 7) is 7.60. The van der Waals surface area contributed by atoms with Crippen LogP contribution in [-0.2, 0) is 23.7 Å². The van der Waals surface area contributed by atoms with Gasteiger partial charge in [-0.3, -0.25) is 0 Å².